The van der Waals surface area contributed by atoms with Crippen LogP contribution in [-0.2, 0) is 26.9 Å². The summed E-state index contributed by atoms with van der Waals surface area (Å²) in [7, 11) is 3.44. The van der Waals surface area contributed by atoms with Crippen LogP contribution >= 0.6 is 0 Å². The van der Waals surface area contributed by atoms with Gasteiger partial charge in [-0.3, -0.25) is 14.4 Å². The molecule has 3 aromatic rings. The average molecular weight is 674 g/mol. The lowest BCUT2D eigenvalue weighted by atomic mass is 9.87. The number of alkyl halides is 3. The van der Waals surface area contributed by atoms with Crippen molar-refractivity contribution in [2.24, 2.45) is 5.41 Å². The quantitative estimate of drug-likeness (QED) is 0.159. The molecule has 262 valence electrons. The molecule has 1 amide bonds. The van der Waals surface area contributed by atoms with Crippen molar-refractivity contribution in [2.75, 3.05) is 27.2 Å². The number of carbonyl (C=O) groups excluding carboxylic acids is 2. The predicted molar refractivity (Wildman–Crippen MR) is 179 cm³/mol. The molecule has 7 nitrogen and oxygen atoms in total. The van der Waals surface area contributed by atoms with Gasteiger partial charge in [0, 0.05) is 24.4 Å². The Labute approximate surface area is 280 Å². The minimum absolute atomic E-state index is 0.0208. The van der Waals surface area contributed by atoms with Crippen molar-refractivity contribution in [1.29, 1.82) is 0 Å². The smallest absolute Gasteiger partial charge is 0.416 e. The van der Waals surface area contributed by atoms with E-state index in [9.17, 15) is 27.6 Å². The Bertz CT molecular complexity index is 1670. The van der Waals surface area contributed by atoms with Crippen molar-refractivity contribution in [1.82, 2.24) is 14.8 Å². The summed E-state index contributed by atoms with van der Waals surface area (Å²) in [5, 5.41) is 2.79. The number of likely N-dealkylation sites (N-methyl/N-ethyl adjacent to an activating group) is 1. The number of esters is 1. The van der Waals surface area contributed by atoms with E-state index in [0.29, 0.717) is 17.2 Å². The highest BCUT2D eigenvalue weighted by molar-refractivity contribution is 5.82. The third kappa shape index (κ3) is 9.78. The Morgan fingerprint density at radius 2 is 1.62 bits per heavy atom. The molecule has 0 aliphatic carbocycles. The van der Waals surface area contributed by atoms with E-state index in [2.05, 4.69) is 5.32 Å². The molecule has 0 saturated carbocycles. The maximum atomic E-state index is 16.0. The summed E-state index contributed by atoms with van der Waals surface area (Å²) < 4.78 is 64.2. The first-order valence-electron chi connectivity index (χ1n) is 16.0. The molecular formula is C37H47F4N3O4. The molecule has 0 bridgehead atoms. The van der Waals surface area contributed by atoms with E-state index in [4.69, 9.17) is 4.74 Å². The van der Waals surface area contributed by atoms with Gasteiger partial charge in [0.1, 0.15) is 11.9 Å². The van der Waals surface area contributed by atoms with Crippen LogP contribution in [0.3, 0.4) is 0 Å². The van der Waals surface area contributed by atoms with Gasteiger partial charge >= 0.3 is 12.1 Å². The number of aryl methyl sites for hydroxylation is 3. The van der Waals surface area contributed by atoms with Gasteiger partial charge in [-0.25, -0.2) is 4.39 Å². The van der Waals surface area contributed by atoms with E-state index >= 15 is 4.39 Å². The largest absolute Gasteiger partial charge is 0.466 e. The van der Waals surface area contributed by atoms with Crippen LogP contribution in [-0.4, -0.2) is 48.6 Å². The Balaban J connectivity index is 2.20. The number of amides is 1. The molecule has 1 heterocycles. The maximum Gasteiger partial charge on any atom is 0.416 e. The number of pyridine rings is 1. The predicted octanol–water partition coefficient (Wildman–Crippen LogP) is 7.49. The fourth-order valence-corrected chi connectivity index (χ4v) is 5.90. The van der Waals surface area contributed by atoms with Gasteiger partial charge in [-0.2, -0.15) is 13.2 Å². The Morgan fingerprint density at radius 3 is 2.17 bits per heavy atom. The molecule has 3 rings (SSSR count). The zero-order valence-corrected chi connectivity index (χ0v) is 29.3. The first kappa shape index (κ1) is 38.5. The van der Waals surface area contributed by atoms with E-state index in [1.165, 1.54) is 0 Å². The fraction of sp³-hybridized carbons (Fsp3) is 0.486. The molecule has 0 radical (unpaired) electrons. The number of nitrogens with zero attached hydrogens (tertiary/aromatic N) is 2. The molecule has 1 N–H and O–H groups in total. The summed E-state index contributed by atoms with van der Waals surface area (Å²) in [6, 6.07) is 7.14. The molecular weight excluding hydrogens is 626 g/mol. The van der Waals surface area contributed by atoms with E-state index < -0.39 is 58.9 Å². The molecule has 2 aromatic carbocycles. The number of benzene rings is 2. The van der Waals surface area contributed by atoms with Gasteiger partial charge in [-0.15, -0.1) is 0 Å². The average Bonchev–Trinajstić information content (AvgIpc) is 2.95. The van der Waals surface area contributed by atoms with Crippen molar-refractivity contribution in [3.05, 3.63) is 92.1 Å². The molecule has 1 aromatic heterocycles. The van der Waals surface area contributed by atoms with Gasteiger partial charge in [0.15, 0.2) is 0 Å². The van der Waals surface area contributed by atoms with Crippen LogP contribution in [0.25, 0.3) is 11.1 Å². The maximum absolute atomic E-state index is 16.0. The Morgan fingerprint density at radius 1 is 1.00 bits per heavy atom. The molecule has 0 fully saturated rings. The number of ether oxygens (including phenoxy) is 1. The van der Waals surface area contributed by atoms with Crippen LogP contribution in [0.2, 0.25) is 0 Å². The molecule has 0 aliphatic rings. The first-order valence-corrected chi connectivity index (χ1v) is 16.0. The highest BCUT2D eigenvalue weighted by Crippen LogP contribution is 2.36. The molecule has 0 spiro atoms. The number of halogens is 4. The summed E-state index contributed by atoms with van der Waals surface area (Å²) in [6.45, 7) is 12.9. The molecule has 11 heteroatoms. The van der Waals surface area contributed by atoms with Gasteiger partial charge in [0.2, 0.25) is 5.91 Å². The fourth-order valence-electron chi connectivity index (χ4n) is 5.90. The number of hydrogen-bond donors (Lipinski definition) is 1. The molecule has 2 atom stereocenters. The zero-order chi connectivity index (χ0) is 36.1. The summed E-state index contributed by atoms with van der Waals surface area (Å²) in [5.41, 5.74) is 1.09. The minimum Gasteiger partial charge on any atom is -0.466 e. The van der Waals surface area contributed by atoms with Crippen molar-refractivity contribution in [2.45, 2.75) is 86.0 Å². The van der Waals surface area contributed by atoms with Crippen LogP contribution in [0.1, 0.15) is 86.0 Å². The molecule has 1 unspecified atom stereocenters. The monoisotopic (exact) mass is 673 g/mol. The van der Waals surface area contributed by atoms with E-state index in [-0.39, 0.29) is 37.1 Å². The van der Waals surface area contributed by atoms with Crippen molar-refractivity contribution >= 4 is 11.9 Å². The normalized spacial score (nSPS) is 13.4. The van der Waals surface area contributed by atoms with Gasteiger partial charge in [0.25, 0.3) is 5.56 Å². The lowest BCUT2D eigenvalue weighted by Crippen LogP contribution is -2.41. The third-order valence-corrected chi connectivity index (χ3v) is 8.16. The summed E-state index contributed by atoms with van der Waals surface area (Å²) in [4.78, 5) is 42.1. The second-order valence-electron chi connectivity index (χ2n) is 13.8. The van der Waals surface area contributed by atoms with Gasteiger partial charge in [-0.05, 0) is 106 Å². The van der Waals surface area contributed by atoms with Gasteiger partial charge < -0.3 is 19.5 Å². The van der Waals surface area contributed by atoms with E-state index in [0.717, 1.165) is 27.5 Å². The van der Waals surface area contributed by atoms with Gasteiger partial charge in [0.05, 0.1) is 24.6 Å². The SMILES string of the molecule is CCOC(=O)C[C@H](NC(=O)C(CC(C)(C)C)n1cc(CCN(C)C)c(C(F)(F)F)cc1=O)c1cc(-c2c(C)cccc2C)cc(C)c1F. The van der Waals surface area contributed by atoms with Crippen LogP contribution < -0.4 is 10.9 Å². The molecule has 0 aliphatic heterocycles. The third-order valence-electron chi connectivity index (χ3n) is 8.16. The lowest BCUT2D eigenvalue weighted by Gasteiger charge is -2.30. The number of nitrogens with one attached hydrogen (secondary N) is 1. The van der Waals surface area contributed by atoms with Gasteiger partial charge in [-0.1, -0.05) is 39.0 Å². The van der Waals surface area contributed by atoms with Crippen molar-refractivity contribution in [3.63, 3.8) is 0 Å². The number of aromatic nitrogens is 1. The van der Waals surface area contributed by atoms with Crippen LogP contribution in [0.15, 0.2) is 47.4 Å². The summed E-state index contributed by atoms with van der Waals surface area (Å²) >= 11 is 0. The number of carbonyl (C=O) groups is 2. The van der Waals surface area contributed by atoms with Crippen LogP contribution in [0, 0.1) is 32.0 Å². The first-order chi connectivity index (χ1) is 22.2. The topological polar surface area (TPSA) is 80.6 Å². The lowest BCUT2D eigenvalue weighted by molar-refractivity contribution is -0.144. The van der Waals surface area contributed by atoms with Crippen molar-refractivity contribution < 1.29 is 31.9 Å². The van der Waals surface area contributed by atoms with Crippen LogP contribution in [0.5, 0.6) is 0 Å². The second kappa shape index (κ2) is 15.5. The number of hydrogen-bond acceptors (Lipinski definition) is 5. The van der Waals surface area contributed by atoms with Crippen molar-refractivity contribution in [3.8, 4) is 11.1 Å². The van der Waals surface area contributed by atoms with E-state index in [1.54, 1.807) is 45.0 Å². The highest BCUT2D eigenvalue weighted by atomic mass is 19.4. The number of rotatable bonds is 12. The summed E-state index contributed by atoms with van der Waals surface area (Å²) in [5.74, 6) is -2.04. The zero-order valence-electron chi connectivity index (χ0n) is 29.3. The summed E-state index contributed by atoms with van der Waals surface area (Å²) in [6.07, 6.45) is -4.04. The highest BCUT2D eigenvalue weighted by Gasteiger charge is 2.37. The standard InChI is InChI=1S/C37H47F4N3O4/c1-10-48-32(46)19-29(27-17-26(16-24(4)34(27)38)33-22(2)12-11-13-23(33)3)42-35(47)30(20-36(5,6)7)44-21-25(14-15-43(8)9)28(18-31(44)45)37(39,40)41/h11-13,16-18,21,29-30H,10,14-15,19-20H2,1-9H3,(H,42,47)/t29-,30?/m0/s1. The molecule has 0 saturated heterocycles. The molecule has 48 heavy (non-hydrogen) atoms. The Kier molecular flexibility index (Phi) is 12.4. The second-order valence-corrected chi connectivity index (χ2v) is 13.8. The minimum atomic E-state index is -4.78. The van der Waals surface area contributed by atoms with E-state index in [1.807, 2.05) is 52.8 Å². The van der Waals surface area contributed by atoms with Crippen LogP contribution in [0.4, 0.5) is 17.6 Å². The Hall–Kier alpha value is -3.99.